The summed E-state index contributed by atoms with van der Waals surface area (Å²) in [4.78, 5) is 0.291. The van der Waals surface area contributed by atoms with Crippen LogP contribution in [-0.4, -0.2) is 19.8 Å². The van der Waals surface area contributed by atoms with Crippen LogP contribution in [0.5, 0.6) is 0 Å². The third kappa shape index (κ3) is 5.17. The quantitative estimate of drug-likeness (QED) is 0.744. The Balaban J connectivity index is 2.97. The molecule has 1 aromatic carbocycles. The molecule has 1 aromatic rings. The first-order valence-electron chi connectivity index (χ1n) is 6.00. The van der Waals surface area contributed by atoms with E-state index in [1.54, 1.807) is 24.3 Å². The summed E-state index contributed by atoms with van der Waals surface area (Å²) in [6.45, 7) is 6.10. The third-order valence-electron chi connectivity index (χ3n) is 2.86. The molecule has 0 aromatic heterocycles. The van der Waals surface area contributed by atoms with Gasteiger partial charge in [-0.2, -0.15) is 0 Å². The Morgan fingerprint density at radius 1 is 1.21 bits per heavy atom. The molecule has 0 aliphatic rings. The molecule has 6 heteroatoms. The number of benzene rings is 1. The Bertz CT molecular complexity index is 506. The highest BCUT2D eigenvalue weighted by molar-refractivity contribution is 9.10. The van der Waals surface area contributed by atoms with Crippen LogP contribution in [0.2, 0.25) is 0 Å². The van der Waals surface area contributed by atoms with Crippen LogP contribution in [0.15, 0.2) is 33.6 Å². The maximum absolute atomic E-state index is 12.3. The molecule has 1 unspecified atom stereocenters. The lowest BCUT2D eigenvalue weighted by molar-refractivity contribution is 0.293. The van der Waals surface area contributed by atoms with Crippen molar-refractivity contribution in [3.8, 4) is 0 Å². The highest BCUT2D eigenvalue weighted by Gasteiger charge is 2.28. The Morgan fingerprint density at radius 2 is 1.74 bits per heavy atom. The Labute approximate surface area is 132 Å². The molecule has 108 valence electrons. The van der Waals surface area contributed by atoms with Crippen molar-refractivity contribution in [1.29, 1.82) is 0 Å². The fourth-order valence-corrected chi connectivity index (χ4v) is 3.85. The Kier molecular flexibility index (Phi) is 6.04. The van der Waals surface area contributed by atoms with E-state index in [4.69, 9.17) is 0 Å². The van der Waals surface area contributed by atoms with Gasteiger partial charge in [-0.05, 0) is 36.1 Å². The zero-order valence-corrected chi connectivity index (χ0v) is 15.3. The van der Waals surface area contributed by atoms with E-state index in [9.17, 15) is 8.42 Å². The summed E-state index contributed by atoms with van der Waals surface area (Å²) >= 11 is 6.67. The van der Waals surface area contributed by atoms with Gasteiger partial charge in [0.1, 0.15) is 0 Å². The highest BCUT2D eigenvalue weighted by Crippen LogP contribution is 2.25. The summed E-state index contributed by atoms with van der Waals surface area (Å²) in [5.74, 6) is 0. The monoisotopic (exact) mass is 411 g/mol. The molecular formula is C13H19Br2NO2S. The second-order valence-corrected chi connectivity index (χ2v) is 8.89. The van der Waals surface area contributed by atoms with Crippen LogP contribution in [0.4, 0.5) is 0 Å². The molecule has 0 bridgehead atoms. The van der Waals surface area contributed by atoms with Crippen molar-refractivity contribution in [2.45, 2.75) is 38.1 Å². The molecule has 0 radical (unpaired) electrons. The standard InChI is InChI=1S/C13H19Br2NO2S/c1-13(2,3)12(8-9-14)16-19(17,18)11-6-4-10(15)5-7-11/h4-7,12,16H,8-9H2,1-3H3. The first-order chi connectivity index (χ1) is 8.66. The number of hydrogen-bond acceptors (Lipinski definition) is 2. The first kappa shape index (κ1) is 17.1. The molecule has 3 nitrogen and oxygen atoms in total. The summed E-state index contributed by atoms with van der Waals surface area (Å²) < 4.78 is 28.3. The van der Waals surface area contributed by atoms with Gasteiger partial charge in [-0.15, -0.1) is 0 Å². The third-order valence-corrected chi connectivity index (χ3v) is 5.34. The van der Waals surface area contributed by atoms with Crippen LogP contribution in [0, 0.1) is 5.41 Å². The molecule has 19 heavy (non-hydrogen) atoms. The SMILES string of the molecule is CC(C)(C)C(CCBr)NS(=O)(=O)c1ccc(Br)cc1. The van der Waals surface area contributed by atoms with Crippen molar-refractivity contribution in [3.05, 3.63) is 28.7 Å². The molecule has 0 heterocycles. The van der Waals surface area contributed by atoms with E-state index in [-0.39, 0.29) is 11.5 Å². The second kappa shape index (κ2) is 6.70. The number of rotatable bonds is 5. The van der Waals surface area contributed by atoms with E-state index >= 15 is 0 Å². The van der Waals surface area contributed by atoms with Crippen LogP contribution in [0.25, 0.3) is 0 Å². The van der Waals surface area contributed by atoms with Crippen LogP contribution >= 0.6 is 31.9 Å². The van der Waals surface area contributed by atoms with Crippen molar-refractivity contribution < 1.29 is 8.42 Å². The van der Waals surface area contributed by atoms with Crippen LogP contribution < -0.4 is 4.72 Å². The summed E-state index contributed by atoms with van der Waals surface area (Å²) in [5.41, 5.74) is -0.129. The molecule has 0 spiro atoms. The largest absolute Gasteiger partial charge is 0.240 e. The van der Waals surface area contributed by atoms with Gasteiger partial charge in [0.05, 0.1) is 4.90 Å². The number of hydrogen-bond donors (Lipinski definition) is 1. The minimum absolute atomic E-state index is 0.111. The molecule has 1 rings (SSSR count). The normalized spacial score (nSPS) is 14.4. The van der Waals surface area contributed by atoms with E-state index in [0.717, 1.165) is 16.2 Å². The molecule has 0 aliphatic heterocycles. The molecule has 0 fully saturated rings. The van der Waals surface area contributed by atoms with Crippen LogP contribution in [0.3, 0.4) is 0 Å². The number of nitrogens with one attached hydrogen (secondary N) is 1. The van der Waals surface area contributed by atoms with Crippen molar-refractivity contribution in [1.82, 2.24) is 4.72 Å². The van der Waals surface area contributed by atoms with Crippen molar-refractivity contribution in [2.24, 2.45) is 5.41 Å². The van der Waals surface area contributed by atoms with Gasteiger partial charge in [0.15, 0.2) is 0 Å². The zero-order chi connectivity index (χ0) is 14.7. The smallest absolute Gasteiger partial charge is 0.208 e. The number of halogens is 2. The molecule has 0 saturated heterocycles. The second-order valence-electron chi connectivity index (χ2n) is 5.47. The average Bonchev–Trinajstić information content (AvgIpc) is 2.27. The van der Waals surface area contributed by atoms with Gasteiger partial charge in [0.25, 0.3) is 0 Å². The maximum atomic E-state index is 12.3. The fraction of sp³-hybridized carbons (Fsp3) is 0.538. The first-order valence-corrected chi connectivity index (χ1v) is 9.40. The van der Waals surface area contributed by atoms with E-state index < -0.39 is 10.0 Å². The van der Waals surface area contributed by atoms with Gasteiger partial charge < -0.3 is 0 Å². The predicted octanol–water partition coefficient (Wildman–Crippen LogP) is 3.93. The minimum atomic E-state index is -3.47. The van der Waals surface area contributed by atoms with Gasteiger partial charge >= 0.3 is 0 Å². The van der Waals surface area contributed by atoms with Gasteiger partial charge in [0, 0.05) is 15.8 Å². The topological polar surface area (TPSA) is 46.2 Å². The Morgan fingerprint density at radius 3 is 2.16 bits per heavy atom. The minimum Gasteiger partial charge on any atom is -0.208 e. The summed E-state index contributed by atoms with van der Waals surface area (Å²) in [6, 6.07) is 6.54. The fourth-order valence-electron chi connectivity index (χ4n) is 1.65. The van der Waals surface area contributed by atoms with E-state index in [1.807, 2.05) is 20.8 Å². The average molecular weight is 413 g/mol. The van der Waals surface area contributed by atoms with E-state index in [1.165, 1.54) is 0 Å². The Hall–Kier alpha value is 0.0900. The predicted molar refractivity (Wildman–Crippen MR) is 86.1 cm³/mol. The maximum Gasteiger partial charge on any atom is 0.240 e. The van der Waals surface area contributed by atoms with Gasteiger partial charge in [-0.3, -0.25) is 0 Å². The molecule has 0 amide bonds. The van der Waals surface area contributed by atoms with Crippen LogP contribution in [-0.2, 0) is 10.0 Å². The number of sulfonamides is 1. The van der Waals surface area contributed by atoms with Gasteiger partial charge in [0.2, 0.25) is 10.0 Å². The highest BCUT2D eigenvalue weighted by atomic mass is 79.9. The molecular weight excluding hydrogens is 394 g/mol. The lowest BCUT2D eigenvalue weighted by Gasteiger charge is -2.30. The molecule has 0 saturated carbocycles. The number of alkyl halides is 1. The summed E-state index contributed by atoms with van der Waals surface area (Å²) in [6.07, 6.45) is 0.749. The van der Waals surface area contributed by atoms with Gasteiger partial charge in [-0.1, -0.05) is 52.6 Å². The lowest BCUT2D eigenvalue weighted by atomic mass is 9.86. The zero-order valence-electron chi connectivity index (χ0n) is 11.3. The summed E-state index contributed by atoms with van der Waals surface area (Å²) in [5, 5.41) is 0.762. The molecule has 1 N–H and O–H groups in total. The lowest BCUT2D eigenvalue weighted by Crippen LogP contribution is -2.43. The summed E-state index contributed by atoms with van der Waals surface area (Å²) in [7, 11) is -3.47. The van der Waals surface area contributed by atoms with E-state index in [2.05, 4.69) is 36.6 Å². The van der Waals surface area contributed by atoms with Gasteiger partial charge in [-0.25, -0.2) is 13.1 Å². The van der Waals surface area contributed by atoms with Crippen molar-refractivity contribution in [2.75, 3.05) is 5.33 Å². The van der Waals surface area contributed by atoms with E-state index in [0.29, 0.717) is 4.90 Å². The molecule has 1 atom stereocenters. The van der Waals surface area contributed by atoms with Crippen molar-refractivity contribution in [3.63, 3.8) is 0 Å². The van der Waals surface area contributed by atoms with Crippen LogP contribution in [0.1, 0.15) is 27.2 Å². The molecule has 0 aliphatic carbocycles. The van der Waals surface area contributed by atoms with Crippen molar-refractivity contribution >= 4 is 41.9 Å².